The van der Waals surface area contributed by atoms with Crippen LogP contribution < -0.4 is 5.73 Å². The van der Waals surface area contributed by atoms with Crippen molar-refractivity contribution in [1.29, 1.82) is 0 Å². The summed E-state index contributed by atoms with van der Waals surface area (Å²) in [7, 11) is -3.53. The summed E-state index contributed by atoms with van der Waals surface area (Å²) in [4.78, 5) is 27.7. The molecular formula is C18H28N4O6S. The number of β-lactam (4-membered cyclic amide) rings is 1. The molecule has 0 unspecified atom stereocenters. The zero-order valence-corrected chi connectivity index (χ0v) is 17.6. The van der Waals surface area contributed by atoms with E-state index in [9.17, 15) is 28.2 Å². The van der Waals surface area contributed by atoms with Crippen LogP contribution in [0.4, 0.5) is 0 Å². The van der Waals surface area contributed by atoms with Gasteiger partial charge in [-0.15, -0.1) is 0 Å². The van der Waals surface area contributed by atoms with E-state index in [1.165, 1.54) is 4.90 Å². The second-order valence-electron chi connectivity index (χ2n) is 8.34. The number of nitrogens with two attached hydrogens (primary N) is 1. The standard InChI is InChI=1S/C18H28N4O6S/c1-9-12(16(18(25)26)22-15(9)14(10(2)23)17(22)24)8-21-5-4-11(7-21)6-13(19)20-29(3,27)28/h9-11,14-15,23H,4-8H2,1-3H3,(H2,19,20)(H,25,26)/t9-,10+,11+,14+,15+/m0/s1. The van der Waals surface area contributed by atoms with Crippen LogP contribution in [0.5, 0.6) is 0 Å². The first-order valence-corrected chi connectivity index (χ1v) is 11.5. The maximum Gasteiger partial charge on any atom is 0.352 e. The van der Waals surface area contributed by atoms with Crippen LogP contribution in [-0.4, -0.2) is 84.2 Å². The van der Waals surface area contributed by atoms with Gasteiger partial charge in [-0.05, 0) is 31.4 Å². The SMILES string of the molecule is C[C@@H](O)[C@H]1C(=O)N2C(C(=O)O)=C(CN3CC[C@H](CC(N)=NS(C)(=O)=O)C3)[C@H](C)[C@H]12. The molecule has 29 heavy (non-hydrogen) atoms. The third-order valence-electron chi connectivity index (χ3n) is 6.06. The van der Waals surface area contributed by atoms with Crippen molar-refractivity contribution in [1.82, 2.24) is 9.80 Å². The van der Waals surface area contributed by atoms with Gasteiger partial charge >= 0.3 is 5.97 Å². The van der Waals surface area contributed by atoms with Crippen molar-refractivity contribution in [2.24, 2.45) is 27.9 Å². The van der Waals surface area contributed by atoms with Gasteiger partial charge in [0.05, 0.1) is 24.3 Å². The molecule has 0 bridgehead atoms. The van der Waals surface area contributed by atoms with Crippen LogP contribution in [0, 0.1) is 17.8 Å². The Balaban J connectivity index is 1.71. The van der Waals surface area contributed by atoms with E-state index in [4.69, 9.17) is 5.73 Å². The molecule has 2 saturated heterocycles. The van der Waals surface area contributed by atoms with E-state index < -0.39 is 28.0 Å². The van der Waals surface area contributed by atoms with Crippen molar-refractivity contribution in [3.63, 3.8) is 0 Å². The fourth-order valence-corrected chi connectivity index (χ4v) is 5.36. The Morgan fingerprint density at radius 3 is 2.62 bits per heavy atom. The van der Waals surface area contributed by atoms with E-state index >= 15 is 0 Å². The number of amides is 1. The Hall–Kier alpha value is -1.98. The molecule has 0 spiro atoms. The number of nitrogens with zero attached hydrogens (tertiary/aromatic N) is 3. The van der Waals surface area contributed by atoms with Gasteiger partial charge in [-0.1, -0.05) is 6.92 Å². The molecule has 0 aromatic rings. The van der Waals surface area contributed by atoms with Gasteiger partial charge in [0, 0.05) is 25.4 Å². The van der Waals surface area contributed by atoms with Crippen molar-refractivity contribution in [2.75, 3.05) is 25.9 Å². The van der Waals surface area contributed by atoms with Crippen molar-refractivity contribution >= 4 is 27.7 Å². The molecule has 3 aliphatic rings. The topological polar surface area (TPSA) is 154 Å². The monoisotopic (exact) mass is 428 g/mol. The van der Waals surface area contributed by atoms with Crippen LogP contribution in [0.15, 0.2) is 15.7 Å². The number of sulfonamides is 1. The van der Waals surface area contributed by atoms with Crippen LogP contribution in [0.1, 0.15) is 26.7 Å². The second kappa shape index (κ2) is 7.69. The van der Waals surface area contributed by atoms with Crippen LogP contribution in [0.2, 0.25) is 0 Å². The number of carboxylic acid groups (broad SMARTS) is 1. The number of carboxylic acids is 1. The number of aliphatic carboxylic acids is 1. The number of likely N-dealkylation sites (tertiary alicyclic amines) is 1. The van der Waals surface area contributed by atoms with Crippen molar-refractivity contribution in [2.45, 2.75) is 38.8 Å². The third-order valence-corrected chi connectivity index (χ3v) is 6.63. The number of hydrogen-bond donors (Lipinski definition) is 3. The van der Waals surface area contributed by atoms with Crippen LogP contribution in [0.3, 0.4) is 0 Å². The Bertz CT molecular complexity index is 881. The minimum absolute atomic E-state index is 0.0333. The molecule has 3 aliphatic heterocycles. The van der Waals surface area contributed by atoms with Gasteiger partial charge in [-0.25, -0.2) is 13.2 Å². The number of carbonyl (C=O) groups is 2. The zero-order chi connectivity index (χ0) is 21.7. The highest BCUT2D eigenvalue weighted by Crippen LogP contribution is 2.47. The number of carbonyl (C=O) groups excluding carboxylic acids is 1. The van der Waals surface area contributed by atoms with Crippen LogP contribution in [-0.2, 0) is 19.6 Å². The summed E-state index contributed by atoms with van der Waals surface area (Å²) < 4.78 is 26.0. The molecule has 4 N–H and O–H groups in total. The van der Waals surface area contributed by atoms with Crippen molar-refractivity contribution in [3.05, 3.63) is 11.3 Å². The normalized spacial score (nSPS) is 31.8. The Labute approximate surface area is 170 Å². The molecule has 11 heteroatoms. The van der Waals surface area contributed by atoms with E-state index in [0.29, 0.717) is 25.1 Å². The fourth-order valence-electron chi connectivity index (χ4n) is 4.86. The summed E-state index contributed by atoms with van der Waals surface area (Å²) in [5.74, 6) is -1.99. The maximum atomic E-state index is 12.4. The lowest BCUT2D eigenvalue weighted by Crippen LogP contribution is -2.63. The number of amidine groups is 1. The number of hydrogen-bond acceptors (Lipinski definition) is 6. The lowest BCUT2D eigenvalue weighted by molar-refractivity contribution is -0.163. The molecule has 10 nitrogen and oxygen atoms in total. The third kappa shape index (κ3) is 4.17. The molecule has 3 rings (SSSR count). The van der Waals surface area contributed by atoms with E-state index in [-0.39, 0.29) is 35.3 Å². The first-order chi connectivity index (χ1) is 13.4. The highest BCUT2D eigenvalue weighted by atomic mass is 32.2. The number of fused-ring (bicyclic) bond motifs is 1. The van der Waals surface area contributed by atoms with Crippen LogP contribution in [0.25, 0.3) is 0 Å². The van der Waals surface area contributed by atoms with Gasteiger partial charge in [0.25, 0.3) is 10.0 Å². The predicted molar refractivity (Wildman–Crippen MR) is 105 cm³/mol. The average Bonchev–Trinajstić information content (AvgIpc) is 3.07. The molecule has 3 heterocycles. The quantitative estimate of drug-likeness (QED) is 0.271. The van der Waals surface area contributed by atoms with Gasteiger partial charge in [0.2, 0.25) is 5.91 Å². The summed E-state index contributed by atoms with van der Waals surface area (Å²) in [6, 6.07) is -0.320. The summed E-state index contributed by atoms with van der Waals surface area (Å²) in [6.07, 6.45) is 1.33. The van der Waals surface area contributed by atoms with E-state index in [0.717, 1.165) is 19.2 Å². The van der Waals surface area contributed by atoms with E-state index in [1.807, 2.05) is 6.92 Å². The molecule has 0 radical (unpaired) electrons. The summed E-state index contributed by atoms with van der Waals surface area (Å²) in [5.41, 5.74) is 6.46. The summed E-state index contributed by atoms with van der Waals surface area (Å²) >= 11 is 0. The minimum atomic E-state index is -3.53. The van der Waals surface area contributed by atoms with Gasteiger partial charge < -0.3 is 20.8 Å². The lowest BCUT2D eigenvalue weighted by Gasteiger charge is -2.46. The molecule has 1 amide bonds. The summed E-state index contributed by atoms with van der Waals surface area (Å²) in [5, 5.41) is 19.6. The molecule has 0 saturated carbocycles. The van der Waals surface area contributed by atoms with Crippen molar-refractivity contribution in [3.8, 4) is 0 Å². The van der Waals surface area contributed by atoms with E-state index in [1.54, 1.807) is 6.92 Å². The molecule has 5 atom stereocenters. The molecule has 2 fully saturated rings. The molecule has 0 aromatic heterocycles. The fraction of sp³-hybridized carbons (Fsp3) is 0.722. The molecule has 0 aromatic carbocycles. The first-order valence-electron chi connectivity index (χ1n) is 9.64. The number of rotatable bonds is 7. The molecule has 0 aliphatic carbocycles. The maximum absolute atomic E-state index is 12.4. The smallest absolute Gasteiger partial charge is 0.352 e. The highest BCUT2D eigenvalue weighted by Gasteiger charge is 2.59. The first kappa shape index (κ1) is 21.7. The zero-order valence-electron chi connectivity index (χ0n) is 16.8. The highest BCUT2D eigenvalue weighted by molar-refractivity contribution is 7.89. The second-order valence-corrected chi connectivity index (χ2v) is 9.99. The number of aliphatic hydroxyl groups is 1. The minimum Gasteiger partial charge on any atom is -0.477 e. The van der Waals surface area contributed by atoms with Crippen LogP contribution >= 0.6 is 0 Å². The van der Waals surface area contributed by atoms with Gasteiger partial charge in [0.1, 0.15) is 11.5 Å². The Kier molecular flexibility index (Phi) is 5.76. The molecular weight excluding hydrogens is 400 g/mol. The Morgan fingerprint density at radius 1 is 1.41 bits per heavy atom. The summed E-state index contributed by atoms with van der Waals surface area (Å²) in [6.45, 7) is 5.23. The lowest BCUT2D eigenvalue weighted by atomic mass is 9.77. The number of aliphatic hydroxyl groups excluding tert-OH is 1. The van der Waals surface area contributed by atoms with Gasteiger partial charge in [0.15, 0.2) is 0 Å². The van der Waals surface area contributed by atoms with Gasteiger partial charge in [-0.2, -0.15) is 4.40 Å². The largest absolute Gasteiger partial charge is 0.477 e. The predicted octanol–water partition coefficient (Wildman–Crippen LogP) is -0.789. The Morgan fingerprint density at radius 2 is 2.07 bits per heavy atom. The van der Waals surface area contributed by atoms with E-state index in [2.05, 4.69) is 9.30 Å². The molecule has 162 valence electrons. The average molecular weight is 429 g/mol. The van der Waals surface area contributed by atoms with Gasteiger partial charge in [-0.3, -0.25) is 9.69 Å². The van der Waals surface area contributed by atoms with Crippen molar-refractivity contribution < 1.29 is 28.2 Å².